The van der Waals surface area contributed by atoms with Gasteiger partial charge in [0.2, 0.25) is 0 Å². The topological polar surface area (TPSA) is 39.7 Å². The van der Waals surface area contributed by atoms with E-state index in [-0.39, 0.29) is 18.2 Å². The molecule has 0 aromatic heterocycles. The van der Waals surface area contributed by atoms with Crippen molar-refractivity contribution >= 4 is 5.69 Å². The molecule has 0 saturated heterocycles. The zero-order chi connectivity index (χ0) is 14.4. The fourth-order valence-corrected chi connectivity index (χ4v) is 2.54. The van der Waals surface area contributed by atoms with Gasteiger partial charge in [0.1, 0.15) is 11.9 Å². The van der Waals surface area contributed by atoms with E-state index in [0.717, 1.165) is 37.5 Å². The van der Waals surface area contributed by atoms with Crippen molar-refractivity contribution in [2.45, 2.75) is 44.9 Å². The molecule has 20 heavy (non-hydrogen) atoms. The summed E-state index contributed by atoms with van der Waals surface area (Å²) in [4.78, 5) is 0. The second-order valence-corrected chi connectivity index (χ2v) is 5.03. The Morgan fingerprint density at radius 2 is 2.05 bits per heavy atom. The second-order valence-electron chi connectivity index (χ2n) is 5.03. The fraction of sp³-hybridized carbons (Fsp3) is 0.625. The van der Waals surface area contributed by atoms with Gasteiger partial charge < -0.3 is 19.5 Å². The van der Waals surface area contributed by atoms with Gasteiger partial charge in [0.25, 0.3) is 0 Å². The van der Waals surface area contributed by atoms with E-state index in [1.54, 1.807) is 7.11 Å². The van der Waals surface area contributed by atoms with Gasteiger partial charge in [-0.25, -0.2) is 0 Å². The van der Waals surface area contributed by atoms with Crippen molar-refractivity contribution in [3.63, 3.8) is 0 Å². The minimum Gasteiger partial charge on any atom is -0.491 e. The van der Waals surface area contributed by atoms with Gasteiger partial charge in [-0.2, -0.15) is 0 Å². The summed E-state index contributed by atoms with van der Waals surface area (Å²) in [5.41, 5.74) is 1.03. The summed E-state index contributed by atoms with van der Waals surface area (Å²) < 4.78 is 16.9. The van der Waals surface area contributed by atoms with Crippen LogP contribution in [0.25, 0.3) is 0 Å². The molecule has 1 aliphatic rings. The Balaban J connectivity index is 1.96. The van der Waals surface area contributed by atoms with Gasteiger partial charge >= 0.3 is 0 Å². The predicted molar refractivity (Wildman–Crippen MR) is 80.5 cm³/mol. The first-order chi connectivity index (χ1) is 9.80. The molecule has 2 rings (SSSR count). The van der Waals surface area contributed by atoms with Crippen molar-refractivity contribution in [3.05, 3.63) is 24.3 Å². The first kappa shape index (κ1) is 15.1. The lowest BCUT2D eigenvalue weighted by Crippen LogP contribution is -2.56. The van der Waals surface area contributed by atoms with Gasteiger partial charge in [-0.05, 0) is 31.9 Å². The Hall–Kier alpha value is -1.26. The largest absolute Gasteiger partial charge is 0.491 e. The summed E-state index contributed by atoms with van der Waals surface area (Å²) in [5.74, 6) is 0.907. The number of benzene rings is 1. The first-order valence-corrected chi connectivity index (χ1v) is 7.42. The molecule has 3 unspecified atom stereocenters. The highest BCUT2D eigenvalue weighted by molar-refractivity contribution is 5.57. The van der Waals surface area contributed by atoms with Crippen molar-refractivity contribution in [3.8, 4) is 5.75 Å². The summed E-state index contributed by atoms with van der Waals surface area (Å²) in [6.45, 7) is 5.59. The van der Waals surface area contributed by atoms with Crippen LogP contribution in [0.15, 0.2) is 24.3 Å². The van der Waals surface area contributed by atoms with Gasteiger partial charge in [-0.3, -0.25) is 0 Å². The van der Waals surface area contributed by atoms with E-state index < -0.39 is 0 Å². The van der Waals surface area contributed by atoms with Crippen molar-refractivity contribution in [1.82, 2.24) is 0 Å². The molecular formula is C16H25NO3. The van der Waals surface area contributed by atoms with Gasteiger partial charge in [0, 0.05) is 13.7 Å². The lowest BCUT2D eigenvalue weighted by atomic mass is 9.85. The molecule has 0 bridgehead atoms. The third kappa shape index (κ3) is 3.44. The van der Waals surface area contributed by atoms with Crippen molar-refractivity contribution in [2.75, 3.05) is 25.6 Å². The summed E-state index contributed by atoms with van der Waals surface area (Å²) in [5, 5.41) is 3.52. The smallest absolute Gasteiger partial charge is 0.142 e. The average Bonchev–Trinajstić information content (AvgIpc) is 2.45. The average molecular weight is 279 g/mol. The quantitative estimate of drug-likeness (QED) is 0.794. The Kier molecular flexibility index (Phi) is 5.68. The SMILES string of the molecule is CCCOc1ccccc1NC1CC(OCC)C1OC. The molecule has 0 radical (unpaired) electrons. The molecule has 0 amide bonds. The van der Waals surface area contributed by atoms with Crippen molar-refractivity contribution in [2.24, 2.45) is 0 Å². The molecule has 0 aliphatic heterocycles. The predicted octanol–water partition coefficient (Wildman–Crippen LogP) is 3.08. The molecule has 112 valence electrons. The Morgan fingerprint density at radius 1 is 1.25 bits per heavy atom. The number of hydrogen-bond donors (Lipinski definition) is 1. The van der Waals surface area contributed by atoms with E-state index in [0.29, 0.717) is 0 Å². The molecule has 1 aromatic carbocycles. The monoisotopic (exact) mass is 279 g/mol. The minimum absolute atomic E-state index is 0.106. The second kappa shape index (κ2) is 7.50. The fourth-order valence-electron chi connectivity index (χ4n) is 2.54. The van der Waals surface area contributed by atoms with Crippen LogP contribution in [0.2, 0.25) is 0 Å². The van der Waals surface area contributed by atoms with E-state index in [9.17, 15) is 0 Å². The van der Waals surface area contributed by atoms with Gasteiger partial charge in [-0.1, -0.05) is 19.1 Å². The molecule has 1 N–H and O–H groups in total. The van der Waals surface area contributed by atoms with Gasteiger partial charge in [0.05, 0.1) is 24.4 Å². The van der Waals surface area contributed by atoms with Crippen molar-refractivity contribution in [1.29, 1.82) is 0 Å². The van der Waals surface area contributed by atoms with Crippen LogP contribution in [0, 0.1) is 0 Å². The first-order valence-electron chi connectivity index (χ1n) is 7.42. The molecule has 4 nitrogen and oxygen atoms in total. The normalized spacial score (nSPS) is 25.1. The lowest BCUT2D eigenvalue weighted by molar-refractivity contribution is -0.118. The van der Waals surface area contributed by atoms with E-state index in [4.69, 9.17) is 14.2 Å². The molecule has 0 heterocycles. The standard InChI is InChI=1S/C16H25NO3/c1-4-10-20-14-9-7-6-8-12(14)17-13-11-15(19-5-2)16(13)18-3/h6-9,13,15-17H,4-5,10-11H2,1-3H3. The number of para-hydroxylation sites is 2. The number of rotatable bonds is 8. The maximum absolute atomic E-state index is 5.76. The van der Waals surface area contributed by atoms with E-state index in [2.05, 4.69) is 12.2 Å². The van der Waals surface area contributed by atoms with Crippen LogP contribution in [0.4, 0.5) is 5.69 Å². The zero-order valence-electron chi connectivity index (χ0n) is 12.6. The Morgan fingerprint density at radius 3 is 2.75 bits per heavy atom. The van der Waals surface area contributed by atoms with Gasteiger partial charge in [0.15, 0.2) is 0 Å². The van der Waals surface area contributed by atoms with Gasteiger partial charge in [-0.15, -0.1) is 0 Å². The molecular weight excluding hydrogens is 254 g/mol. The van der Waals surface area contributed by atoms with Crippen LogP contribution < -0.4 is 10.1 Å². The third-order valence-electron chi connectivity index (χ3n) is 3.59. The number of anilines is 1. The number of methoxy groups -OCH3 is 1. The summed E-state index contributed by atoms with van der Waals surface area (Å²) >= 11 is 0. The molecule has 4 heteroatoms. The van der Waals surface area contributed by atoms with Crippen molar-refractivity contribution < 1.29 is 14.2 Å². The zero-order valence-corrected chi connectivity index (χ0v) is 12.6. The summed E-state index contributed by atoms with van der Waals surface area (Å²) in [6.07, 6.45) is 2.28. The number of hydrogen-bond acceptors (Lipinski definition) is 4. The Bertz CT molecular complexity index is 410. The third-order valence-corrected chi connectivity index (χ3v) is 3.59. The molecule has 1 fully saturated rings. The summed E-state index contributed by atoms with van der Waals surface area (Å²) in [6, 6.07) is 8.34. The molecule has 3 atom stereocenters. The highest BCUT2D eigenvalue weighted by atomic mass is 16.5. The molecule has 1 saturated carbocycles. The van der Waals surface area contributed by atoms with Crippen LogP contribution >= 0.6 is 0 Å². The molecule has 0 spiro atoms. The van der Waals surface area contributed by atoms with Crippen LogP contribution in [-0.2, 0) is 9.47 Å². The van der Waals surface area contributed by atoms with Crippen LogP contribution in [-0.4, -0.2) is 38.6 Å². The highest BCUT2D eigenvalue weighted by Crippen LogP contribution is 2.33. The van der Waals surface area contributed by atoms with Crippen LogP contribution in [0.5, 0.6) is 5.75 Å². The number of nitrogens with one attached hydrogen (secondary N) is 1. The maximum atomic E-state index is 5.76. The maximum Gasteiger partial charge on any atom is 0.142 e. The summed E-state index contributed by atoms with van der Waals surface area (Å²) in [7, 11) is 1.74. The van der Waals surface area contributed by atoms with Crippen LogP contribution in [0.3, 0.4) is 0 Å². The Labute approximate surface area is 121 Å². The number of ether oxygens (including phenoxy) is 3. The minimum atomic E-state index is 0.106. The molecule has 1 aliphatic carbocycles. The van der Waals surface area contributed by atoms with Crippen LogP contribution in [0.1, 0.15) is 26.7 Å². The van der Waals surface area contributed by atoms with E-state index in [1.165, 1.54) is 0 Å². The highest BCUT2D eigenvalue weighted by Gasteiger charge is 2.42. The lowest BCUT2D eigenvalue weighted by Gasteiger charge is -2.43. The van der Waals surface area contributed by atoms with E-state index in [1.807, 2.05) is 31.2 Å². The van der Waals surface area contributed by atoms with E-state index >= 15 is 0 Å². The molecule has 1 aromatic rings.